The number of hydrogen-bond acceptors (Lipinski definition) is 4. The Kier molecular flexibility index (Phi) is 2.08. The molecule has 0 spiro atoms. The third-order valence-corrected chi connectivity index (χ3v) is 2.50. The number of rotatable bonds is 0. The van der Waals surface area contributed by atoms with Crippen molar-refractivity contribution in [2.45, 2.75) is 39.0 Å². The second kappa shape index (κ2) is 3.06. The normalized spacial score (nSPS) is 28.9. The predicted octanol–water partition coefficient (Wildman–Crippen LogP) is 0.606. The SMILES string of the molecule is CC1=CC(=O)N(C2=NOC(C)(C)C2)C1O. The molecule has 0 aromatic heterocycles. The molecule has 5 heteroatoms. The van der Waals surface area contributed by atoms with Crippen LogP contribution in [0.2, 0.25) is 0 Å². The van der Waals surface area contributed by atoms with E-state index in [1.807, 2.05) is 13.8 Å². The van der Waals surface area contributed by atoms with E-state index in [-0.39, 0.29) is 5.91 Å². The molecule has 0 saturated carbocycles. The van der Waals surface area contributed by atoms with Gasteiger partial charge in [0.15, 0.2) is 12.1 Å². The van der Waals surface area contributed by atoms with Crippen LogP contribution in [0.4, 0.5) is 0 Å². The second-order valence-corrected chi connectivity index (χ2v) is 4.51. The highest BCUT2D eigenvalue weighted by molar-refractivity contribution is 6.06. The fourth-order valence-corrected chi connectivity index (χ4v) is 1.68. The maximum absolute atomic E-state index is 11.5. The first-order valence-corrected chi connectivity index (χ1v) is 4.85. The summed E-state index contributed by atoms with van der Waals surface area (Å²) in [4.78, 5) is 18.0. The molecule has 1 N–H and O–H groups in total. The zero-order valence-corrected chi connectivity index (χ0v) is 9.02. The van der Waals surface area contributed by atoms with Gasteiger partial charge in [-0.2, -0.15) is 0 Å². The Hall–Kier alpha value is -1.36. The van der Waals surface area contributed by atoms with Crippen molar-refractivity contribution < 1.29 is 14.7 Å². The van der Waals surface area contributed by atoms with Crippen LogP contribution in [0.1, 0.15) is 27.2 Å². The molecule has 1 amide bonds. The summed E-state index contributed by atoms with van der Waals surface area (Å²) in [5.41, 5.74) is 0.235. The molecule has 2 heterocycles. The van der Waals surface area contributed by atoms with E-state index < -0.39 is 11.8 Å². The number of hydrogen-bond donors (Lipinski definition) is 1. The first-order chi connectivity index (χ1) is 6.91. The number of nitrogens with zero attached hydrogens (tertiary/aromatic N) is 2. The standard InChI is InChI=1S/C10H14N2O3/c1-6-4-8(13)12(9(6)14)7-5-10(2,3)15-11-7/h4,9,14H,5H2,1-3H3. The Morgan fingerprint density at radius 1 is 1.67 bits per heavy atom. The average Bonchev–Trinajstić information content (AvgIpc) is 2.56. The highest BCUT2D eigenvalue weighted by Gasteiger charge is 2.39. The van der Waals surface area contributed by atoms with Gasteiger partial charge in [0.2, 0.25) is 0 Å². The largest absolute Gasteiger partial charge is 0.388 e. The van der Waals surface area contributed by atoms with E-state index in [1.165, 1.54) is 11.0 Å². The monoisotopic (exact) mass is 210 g/mol. The van der Waals surface area contributed by atoms with Gasteiger partial charge in [0.25, 0.3) is 5.91 Å². The Balaban J connectivity index is 2.18. The smallest absolute Gasteiger partial charge is 0.254 e. The van der Waals surface area contributed by atoms with E-state index in [0.717, 1.165) is 0 Å². The molecule has 82 valence electrons. The van der Waals surface area contributed by atoms with Crippen LogP contribution >= 0.6 is 0 Å². The lowest BCUT2D eigenvalue weighted by Crippen LogP contribution is -2.40. The van der Waals surface area contributed by atoms with Gasteiger partial charge in [-0.25, -0.2) is 0 Å². The van der Waals surface area contributed by atoms with Crippen LogP contribution in [0.5, 0.6) is 0 Å². The molecule has 0 bridgehead atoms. The van der Waals surface area contributed by atoms with Crippen molar-refractivity contribution in [1.82, 2.24) is 4.90 Å². The summed E-state index contributed by atoms with van der Waals surface area (Å²) < 4.78 is 0. The molecule has 2 aliphatic heterocycles. The summed E-state index contributed by atoms with van der Waals surface area (Å²) in [5, 5.41) is 13.6. The van der Waals surface area contributed by atoms with Crippen molar-refractivity contribution in [3.05, 3.63) is 11.6 Å². The van der Waals surface area contributed by atoms with Crippen LogP contribution in [-0.2, 0) is 9.63 Å². The summed E-state index contributed by atoms with van der Waals surface area (Å²) in [6, 6.07) is 0. The lowest BCUT2D eigenvalue weighted by molar-refractivity contribution is -0.125. The van der Waals surface area contributed by atoms with Crippen molar-refractivity contribution in [3.63, 3.8) is 0 Å². The highest BCUT2D eigenvalue weighted by atomic mass is 16.7. The third-order valence-electron chi connectivity index (χ3n) is 2.50. The van der Waals surface area contributed by atoms with E-state index in [9.17, 15) is 9.90 Å². The number of carbonyl (C=O) groups is 1. The number of aliphatic hydroxyl groups is 1. The maximum atomic E-state index is 11.5. The van der Waals surface area contributed by atoms with Gasteiger partial charge in [-0.3, -0.25) is 9.69 Å². The summed E-state index contributed by atoms with van der Waals surface area (Å²) in [6.45, 7) is 5.48. The maximum Gasteiger partial charge on any atom is 0.254 e. The Labute approximate surface area is 88.0 Å². The first kappa shape index (κ1) is 10.2. The van der Waals surface area contributed by atoms with Gasteiger partial charge in [-0.1, -0.05) is 5.16 Å². The molecule has 1 unspecified atom stereocenters. The minimum Gasteiger partial charge on any atom is -0.388 e. The van der Waals surface area contributed by atoms with Gasteiger partial charge in [0.1, 0.15) is 5.60 Å². The molecule has 0 aromatic rings. The van der Waals surface area contributed by atoms with Crippen molar-refractivity contribution in [2.24, 2.45) is 5.16 Å². The van der Waals surface area contributed by atoms with Crippen LogP contribution in [0.15, 0.2) is 16.8 Å². The molecular formula is C10H14N2O3. The van der Waals surface area contributed by atoms with E-state index in [0.29, 0.717) is 17.8 Å². The molecule has 0 aromatic carbocycles. The molecule has 2 rings (SSSR count). The lowest BCUT2D eigenvalue weighted by atomic mass is 10.1. The number of amides is 1. The summed E-state index contributed by atoms with van der Waals surface area (Å²) in [5.74, 6) is 0.255. The summed E-state index contributed by atoms with van der Waals surface area (Å²) in [7, 11) is 0. The van der Waals surface area contributed by atoms with Crippen molar-refractivity contribution in [2.75, 3.05) is 0 Å². The average molecular weight is 210 g/mol. The fraction of sp³-hybridized carbons (Fsp3) is 0.600. The minimum atomic E-state index is -0.895. The van der Waals surface area contributed by atoms with Gasteiger partial charge >= 0.3 is 0 Å². The summed E-state index contributed by atoms with van der Waals surface area (Å²) >= 11 is 0. The topological polar surface area (TPSA) is 62.1 Å². The van der Waals surface area contributed by atoms with Crippen LogP contribution in [0.3, 0.4) is 0 Å². The van der Waals surface area contributed by atoms with Crippen molar-refractivity contribution >= 4 is 11.7 Å². The van der Waals surface area contributed by atoms with E-state index in [2.05, 4.69) is 5.16 Å². The summed E-state index contributed by atoms with van der Waals surface area (Å²) in [6.07, 6.45) is 1.05. The van der Waals surface area contributed by atoms with Crippen molar-refractivity contribution in [3.8, 4) is 0 Å². The zero-order valence-electron chi connectivity index (χ0n) is 9.02. The second-order valence-electron chi connectivity index (χ2n) is 4.51. The number of carbonyl (C=O) groups excluding carboxylic acids is 1. The van der Waals surface area contributed by atoms with Crippen LogP contribution in [0.25, 0.3) is 0 Å². The van der Waals surface area contributed by atoms with Crippen LogP contribution in [0, 0.1) is 0 Å². The van der Waals surface area contributed by atoms with E-state index in [1.54, 1.807) is 6.92 Å². The molecule has 1 atom stereocenters. The molecule has 2 aliphatic rings. The fourth-order valence-electron chi connectivity index (χ4n) is 1.68. The Morgan fingerprint density at radius 2 is 2.33 bits per heavy atom. The van der Waals surface area contributed by atoms with Gasteiger partial charge in [-0.05, 0) is 26.3 Å². The third kappa shape index (κ3) is 1.63. The Bertz CT molecular complexity index is 371. The highest BCUT2D eigenvalue weighted by Crippen LogP contribution is 2.28. The Morgan fingerprint density at radius 3 is 2.73 bits per heavy atom. The van der Waals surface area contributed by atoms with Crippen LogP contribution < -0.4 is 0 Å². The number of oxime groups is 1. The molecule has 0 fully saturated rings. The van der Waals surface area contributed by atoms with Gasteiger partial charge in [-0.15, -0.1) is 0 Å². The van der Waals surface area contributed by atoms with Gasteiger partial charge in [0, 0.05) is 6.08 Å². The van der Waals surface area contributed by atoms with Crippen LogP contribution in [-0.4, -0.2) is 33.6 Å². The molecule has 0 saturated heterocycles. The van der Waals surface area contributed by atoms with Gasteiger partial charge in [0.05, 0.1) is 6.42 Å². The quantitative estimate of drug-likeness (QED) is 0.637. The van der Waals surface area contributed by atoms with Gasteiger partial charge < -0.3 is 9.94 Å². The number of aliphatic hydroxyl groups excluding tert-OH is 1. The lowest BCUT2D eigenvalue weighted by Gasteiger charge is -2.21. The predicted molar refractivity (Wildman–Crippen MR) is 53.8 cm³/mol. The molecular weight excluding hydrogens is 196 g/mol. The number of amidine groups is 1. The van der Waals surface area contributed by atoms with E-state index in [4.69, 9.17) is 4.84 Å². The van der Waals surface area contributed by atoms with E-state index >= 15 is 0 Å². The molecule has 0 aliphatic carbocycles. The zero-order chi connectivity index (χ0) is 11.2. The minimum absolute atomic E-state index is 0.236. The molecule has 5 nitrogen and oxygen atoms in total. The first-order valence-electron chi connectivity index (χ1n) is 4.85. The molecule has 15 heavy (non-hydrogen) atoms. The van der Waals surface area contributed by atoms with Crippen molar-refractivity contribution in [1.29, 1.82) is 0 Å². The molecule has 0 radical (unpaired) electrons.